The van der Waals surface area contributed by atoms with Crippen molar-refractivity contribution in [3.8, 4) is 16.9 Å². The molecular formula is C22H17FN2O4. The van der Waals surface area contributed by atoms with E-state index in [-0.39, 0.29) is 5.91 Å². The number of halogens is 1. The van der Waals surface area contributed by atoms with Crippen LogP contribution in [0, 0.1) is 0 Å². The molecule has 0 aliphatic rings. The van der Waals surface area contributed by atoms with E-state index in [0.717, 1.165) is 11.6 Å². The van der Waals surface area contributed by atoms with Gasteiger partial charge >= 0.3 is 5.91 Å². The van der Waals surface area contributed by atoms with E-state index < -0.39 is 11.7 Å². The van der Waals surface area contributed by atoms with Gasteiger partial charge in [0.1, 0.15) is 0 Å². The highest BCUT2D eigenvalue weighted by molar-refractivity contribution is 5.96. The topological polar surface area (TPSA) is 87.7 Å². The van der Waals surface area contributed by atoms with E-state index in [0.29, 0.717) is 22.4 Å². The van der Waals surface area contributed by atoms with Crippen molar-refractivity contribution >= 4 is 17.9 Å². The highest BCUT2D eigenvalue weighted by Crippen LogP contribution is 2.27. The number of benzene rings is 3. The third kappa shape index (κ3) is 5.06. The number of carbonyl (C=O) groups is 2. The second-order valence-electron chi connectivity index (χ2n) is 5.94. The summed E-state index contributed by atoms with van der Waals surface area (Å²) in [5.41, 5.74) is 5.97. The van der Waals surface area contributed by atoms with Crippen LogP contribution >= 0.6 is 0 Å². The molecule has 0 aliphatic carbocycles. The van der Waals surface area contributed by atoms with E-state index in [9.17, 15) is 14.0 Å². The van der Waals surface area contributed by atoms with Crippen LogP contribution < -0.4 is 15.8 Å². The van der Waals surface area contributed by atoms with Gasteiger partial charge in [-0.15, -0.1) is 0 Å². The summed E-state index contributed by atoms with van der Waals surface area (Å²) >= 11 is 0. The minimum absolute atomic E-state index is 0.372. The Bertz CT molecular complexity index is 1030. The van der Waals surface area contributed by atoms with Gasteiger partial charge in [0.15, 0.2) is 11.6 Å². The Morgan fingerprint density at radius 1 is 0.897 bits per heavy atom. The summed E-state index contributed by atoms with van der Waals surface area (Å²) in [4.78, 5) is 28.5. The largest absolute Gasteiger partial charge is 0.379 e. The first kappa shape index (κ1) is 19.8. The highest BCUT2D eigenvalue weighted by Gasteiger charge is 2.10. The molecule has 0 aliphatic heterocycles. The number of rotatable bonds is 6. The molecule has 3 N–H and O–H groups in total. The number of hydroxylamine groups is 2. The molecule has 0 fully saturated rings. The quantitative estimate of drug-likeness (QED) is 0.337. The lowest BCUT2D eigenvalue weighted by Gasteiger charge is -2.10. The number of nitrogens with one attached hydrogen (secondary N) is 2. The summed E-state index contributed by atoms with van der Waals surface area (Å²) in [6.45, 7) is 0. The fourth-order valence-electron chi connectivity index (χ4n) is 2.60. The first-order chi connectivity index (χ1) is 14.1. The molecule has 0 heterocycles. The maximum atomic E-state index is 13.8. The normalized spacial score (nSPS) is 10.9. The van der Waals surface area contributed by atoms with Gasteiger partial charge in [-0.25, -0.2) is 9.87 Å². The average molecular weight is 392 g/mol. The second-order valence-corrected chi connectivity index (χ2v) is 5.94. The summed E-state index contributed by atoms with van der Waals surface area (Å²) in [6, 6.07) is 22.3. The zero-order valence-electron chi connectivity index (χ0n) is 15.1. The van der Waals surface area contributed by atoms with Gasteiger partial charge in [0.05, 0.1) is 0 Å². The molecule has 29 heavy (non-hydrogen) atoms. The van der Waals surface area contributed by atoms with E-state index in [1.807, 2.05) is 6.07 Å². The van der Waals surface area contributed by atoms with E-state index >= 15 is 0 Å². The van der Waals surface area contributed by atoms with Crippen molar-refractivity contribution in [1.29, 1.82) is 0 Å². The summed E-state index contributed by atoms with van der Waals surface area (Å²) in [5, 5.41) is 8.54. The fraction of sp³-hybridized carbons (Fsp3) is 0. The number of hydrogen-bond acceptors (Lipinski definition) is 4. The van der Waals surface area contributed by atoms with Gasteiger partial charge in [0.25, 0.3) is 5.91 Å². The minimum Gasteiger partial charge on any atom is -0.379 e. The maximum absolute atomic E-state index is 13.8. The number of carbonyl (C=O) groups excluding carboxylic acids is 2. The lowest BCUT2D eigenvalue weighted by atomic mass is 9.99. The summed E-state index contributed by atoms with van der Waals surface area (Å²) in [5.74, 6) is -2.30. The Morgan fingerprint density at radius 3 is 2.24 bits per heavy atom. The first-order valence-electron chi connectivity index (χ1n) is 8.62. The zero-order valence-corrected chi connectivity index (χ0v) is 15.1. The highest BCUT2D eigenvalue weighted by atomic mass is 19.1. The van der Waals surface area contributed by atoms with Crippen molar-refractivity contribution in [3.05, 3.63) is 95.8 Å². The smallest absolute Gasteiger partial charge is 0.303 e. The minimum atomic E-state index is -1.22. The molecule has 0 unspecified atom stereocenters. The van der Waals surface area contributed by atoms with Crippen LogP contribution in [0.5, 0.6) is 5.75 Å². The molecule has 0 aromatic heterocycles. The molecule has 0 spiro atoms. The second kappa shape index (κ2) is 9.29. The lowest BCUT2D eigenvalue weighted by molar-refractivity contribution is -0.126. The van der Waals surface area contributed by atoms with Gasteiger partial charge < -0.3 is 4.84 Å². The van der Waals surface area contributed by atoms with Crippen molar-refractivity contribution in [2.24, 2.45) is 0 Å². The van der Waals surface area contributed by atoms with Crippen LogP contribution in [0.4, 0.5) is 4.39 Å². The Balaban J connectivity index is 1.74. The lowest BCUT2D eigenvalue weighted by Crippen LogP contribution is -2.26. The van der Waals surface area contributed by atoms with Crippen molar-refractivity contribution in [1.82, 2.24) is 11.0 Å². The van der Waals surface area contributed by atoms with E-state index in [2.05, 4.69) is 5.48 Å². The number of amides is 2. The van der Waals surface area contributed by atoms with Crippen molar-refractivity contribution < 1.29 is 24.0 Å². The molecule has 0 saturated carbocycles. The third-order valence-corrected chi connectivity index (χ3v) is 4.02. The van der Waals surface area contributed by atoms with Gasteiger partial charge in [-0.05, 0) is 47.0 Å². The molecule has 0 saturated heterocycles. The van der Waals surface area contributed by atoms with Crippen LogP contribution in [-0.2, 0) is 4.79 Å². The molecule has 146 valence electrons. The van der Waals surface area contributed by atoms with Crippen molar-refractivity contribution in [2.75, 3.05) is 0 Å². The molecule has 2 amide bonds. The molecule has 3 rings (SSSR count). The molecule has 0 bridgehead atoms. The van der Waals surface area contributed by atoms with Crippen molar-refractivity contribution in [3.63, 3.8) is 0 Å². The van der Waals surface area contributed by atoms with Gasteiger partial charge in [0, 0.05) is 5.56 Å². The maximum Gasteiger partial charge on any atom is 0.303 e. The van der Waals surface area contributed by atoms with E-state index in [4.69, 9.17) is 10.0 Å². The Hall–Kier alpha value is -3.97. The fourth-order valence-corrected chi connectivity index (χ4v) is 2.60. The molecule has 3 aromatic rings. The van der Waals surface area contributed by atoms with Crippen LogP contribution in [0.25, 0.3) is 17.2 Å². The SMILES string of the molecule is O=C(NO)/C(F)=C/c1ccccc1-c1ccc(ONC(=O)c2ccccc2)cc1. The zero-order chi connectivity index (χ0) is 20.6. The summed E-state index contributed by atoms with van der Waals surface area (Å²) in [7, 11) is 0. The van der Waals surface area contributed by atoms with Gasteiger partial charge in [-0.1, -0.05) is 54.6 Å². The monoisotopic (exact) mass is 392 g/mol. The predicted octanol–water partition coefficient (Wildman–Crippen LogP) is 3.89. The first-order valence-corrected chi connectivity index (χ1v) is 8.62. The van der Waals surface area contributed by atoms with Gasteiger partial charge in [-0.2, -0.15) is 5.48 Å². The summed E-state index contributed by atoms with van der Waals surface area (Å²) < 4.78 is 13.8. The van der Waals surface area contributed by atoms with Crippen LogP contribution in [-0.4, -0.2) is 17.0 Å². The van der Waals surface area contributed by atoms with Crippen LogP contribution in [0.3, 0.4) is 0 Å². The Kier molecular flexibility index (Phi) is 6.34. The van der Waals surface area contributed by atoms with Crippen LogP contribution in [0.1, 0.15) is 15.9 Å². The van der Waals surface area contributed by atoms with Crippen LogP contribution in [0.2, 0.25) is 0 Å². The molecule has 6 nitrogen and oxygen atoms in total. The molecule has 0 radical (unpaired) electrons. The van der Waals surface area contributed by atoms with Crippen LogP contribution in [0.15, 0.2) is 84.7 Å². The Labute approximate surface area is 166 Å². The van der Waals surface area contributed by atoms with Crippen molar-refractivity contribution in [2.45, 2.75) is 0 Å². The predicted molar refractivity (Wildman–Crippen MR) is 105 cm³/mol. The van der Waals surface area contributed by atoms with Gasteiger partial charge in [0.2, 0.25) is 0 Å². The molecule has 3 aromatic carbocycles. The molecule has 7 heteroatoms. The third-order valence-electron chi connectivity index (χ3n) is 4.02. The van der Waals surface area contributed by atoms with Gasteiger partial charge in [-0.3, -0.25) is 14.8 Å². The Morgan fingerprint density at radius 2 is 1.55 bits per heavy atom. The average Bonchev–Trinajstić information content (AvgIpc) is 2.78. The summed E-state index contributed by atoms with van der Waals surface area (Å²) in [6.07, 6.45) is 1.03. The molecular weight excluding hydrogens is 375 g/mol. The van der Waals surface area contributed by atoms with E-state index in [1.165, 1.54) is 5.48 Å². The number of hydrogen-bond donors (Lipinski definition) is 3. The standard InChI is InChI=1S/C22H17FN2O4/c23-20(22(27)24-28)14-17-8-4-5-9-19(17)15-10-12-18(13-11-15)29-25-21(26)16-6-2-1-3-7-16/h1-14,28H,(H,24,27)(H,25,26)/b20-14-. The van der Waals surface area contributed by atoms with E-state index in [1.54, 1.807) is 72.8 Å². The molecule has 0 atom stereocenters.